The molecule has 2 nitrogen and oxygen atoms in total. The van der Waals surface area contributed by atoms with Crippen LogP contribution < -0.4 is 0 Å². The van der Waals surface area contributed by atoms with Crippen molar-refractivity contribution in [1.82, 2.24) is 0 Å². The molecule has 1 aliphatic rings. The summed E-state index contributed by atoms with van der Waals surface area (Å²) in [5, 5.41) is 9.03. The molecule has 0 aliphatic heterocycles. The van der Waals surface area contributed by atoms with Crippen LogP contribution in [-0.4, -0.2) is 11.1 Å². The number of fused-ring (bicyclic) bond motifs is 1. The topological polar surface area (TPSA) is 37.3 Å². The van der Waals surface area contributed by atoms with Crippen molar-refractivity contribution in [1.29, 1.82) is 0 Å². The minimum atomic E-state index is -0.697. The number of hydrogen-bond acceptors (Lipinski definition) is 1. The van der Waals surface area contributed by atoms with Gasteiger partial charge in [0.1, 0.15) is 0 Å². The smallest absolute Gasteiger partial charge is 0.311 e. The van der Waals surface area contributed by atoms with Crippen LogP contribution in [0.4, 0.5) is 0 Å². The van der Waals surface area contributed by atoms with Crippen molar-refractivity contribution in [2.45, 2.75) is 19.3 Å². The largest absolute Gasteiger partial charge is 0.481 e. The van der Waals surface area contributed by atoms with E-state index in [4.69, 9.17) is 5.11 Å². The van der Waals surface area contributed by atoms with Crippen molar-refractivity contribution in [2.24, 2.45) is 5.92 Å². The first-order chi connectivity index (χ1) is 6.20. The van der Waals surface area contributed by atoms with Gasteiger partial charge in [0.15, 0.2) is 0 Å². The molecule has 1 aromatic rings. The quantitative estimate of drug-likeness (QED) is 0.711. The molecule has 0 saturated heterocycles. The molecule has 2 unspecified atom stereocenters. The number of rotatable bonds is 1. The summed E-state index contributed by atoms with van der Waals surface area (Å²) < 4.78 is 0. The zero-order valence-electron chi connectivity index (χ0n) is 7.53. The Labute approximate surface area is 77.2 Å². The molecule has 1 N–H and O–H groups in total. The third-order valence-corrected chi connectivity index (χ3v) is 2.77. The van der Waals surface area contributed by atoms with Crippen molar-refractivity contribution in [3.8, 4) is 0 Å². The highest BCUT2D eigenvalue weighted by atomic mass is 16.4. The molecule has 0 saturated carbocycles. The summed E-state index contributed by atoms with van der Waals surface area (Å²) in [6.45, 7) is 2.00. The van der Waals surface area contributed by atoms with E-state index in [1.165, 1.54) is 5.56 Å². The molecule has 1 aliphatic carbocycles. The Morgan fingerprint density at radius 2 is 2.15 bits per heavy atom. The molecule has 0 fully saturated rings. The summed E-state index contributed by atoms with van der Waals surface area (Å²) in [5.74, 6) is -0.761. The Morgan fingerprint density at radius 1 is 1.46 bits per heavy atom. The molecule has 0 heterocycles. The highest BCUT2D eigenvalue weighted by Crippen LogP contribution is 2.37. The third-order valence-electron chi connectivity index (χ3n) is 2.77. The van der Waals surface area contributed by atoms with Gasteiger partial charge in [-0.1, -0.05) is 31.2 Å². The molecular formula is C11H12O2. The van der Waals surface area contributed by atoms with E-state index in [1.807, 2.05) is 31.2 Å². The Balaban J connectivity index is 2.46. The fourth-order valence-electron chi connectivity index (χ4n) is 2.17. The Kier molecular flexibility index (Phi) is 1.83. The first kappa shape index (κ1) is 8.30. The fourth-order valence-corrected chi connectivity index (χ4v) is 2.17. The van der Waals surface area contributed by atoms with Gasteiger partial charge in [-0.3, -0.25) is 4.79 Å². The van der Waals surface area contributed by atoms with Crippen LogP contribution in [0.15, 0.2) is 24.3 Å². The predicted molar refractivity (Wildman–Crippen MR) is 49.7 cm³/mol. The minimum Gasteiger partial charge on any atom is -0.481 e. The lowest BCUT2D eigenvalue weighted by Gasteiger charge is -2.10. The average molecular weight is 176 g/mol. The zero-order valence-corrected chi connectivity index (χ0v) is 7.53. The zero-order chi connectivity index (χ0) is 9.42. The maximum Gasteiger partial charge on any atom is 0.311 e. The monoisotopic (exact) mass is 176 g/mol. The second-order valence-corrected chi connectivity index (χ2v) is 3.70. The van der Waals surface area contributed by atoms with Crippen LogP contribution in [0.25, 0.3) is 0 Å². The average Bonchev–Trinajstić information content (AvgIpc) is 2.39. The molecule has 0 spiro atoms. The van der Waals surface area contributed by atoms with Gasteiger partial charge in [0.05, 0.1) is 5.92 Å². The van der Waals surface area contributed by atoms with Gasteiger partial charge in [-0.15, -0.1) is 0 Å². The number of carboxylic acids is 1. The molecule has 68 valence electrons. The van der Waals surface area contributed by atoms with Crippen molar-refractivity contribution < 1.29 is 9.90 Å². The van der Waals surface area contributed by atoms with E-state index in [9.17, 15) is 4.79 Å². The number of carbonyl (C=O) groups is 1. The number of aliphatic carboxylic acids is 1. The summed E-state index contributed by atoms with van der Waals surface area (Å²) in [4.78, 5) is 11.0. The van der Waals surface area contributed by atoms with Crippen LogP contribution in [0, 0.1) is 5.92 Å². The van der Waals surface area contributed by atoms with Gasteiger partial charge in [0.2, 0.25) is 0 Å². The summed E-state index contributed by atoms with van der Waals surface area (Å²) >= 11 is 0. The summed E-state index contributed by atoms with van der Waals surface area (Å²) in [7, 11) is 0. The Morgan fingerprint density at radius 3 is 2.85 bits per heavy atom. The molecular weight excluding hydrogens is 164 g/mol. The van der Waals surface area contributed by atoms with E-state index in [0.717, 1.165) is 12.0 Å². The molecule has 2 atom stereocenters. The third kappa shape index (κ3) is 1.22. The lowest BCUT2D eigenvalue weighted by molar-refractivity contribution is -0.139. The standard InChI is InChI=1S/C11H12O2/c1-7-6-8-4-2-3-5-9(8)10(7)11(12)13/h2-5,7,10H,6H2,1H3,(H,12,13). The van der Waals surface area contributed by atoms with E-state index in [2.05, 4.69) is 0 Å². The first-order valence-corrected chi connectivity index (χ1v) is 4.50. The molecule has 0 amide bonds. The van der Waals surface area contributed by atoms with E-state index in [-0.39, 0.29) is 11.8 Å². The summed E-state index contributed by atoms with van der Waals surface area (Å²) in [6, 6.07) is 7.83. The van der Waals surface area contributed by atoms with Crippen molar-refractivity contribution in [3.63, 3.8) is 0 Å². The number of carboxylic acid groups (broad SMARTS) is 1. The van der Waals surface area contributed by atoms with E-state index >= 15 is 0 Å². The number of benzene rings is 1. The van der Waals surface area contributed by atoms with Crippen LogP contribution in [0.5, 0.6) is 0 Å². The maximum atomic E-state index is 11.0. The van der Waals surface area contributed by atoms with Gasteiger partial charge < -0.3 is 5.11 Å². The Hall–Kier alpha value is -1.31. The lowest BCUT2D eigenvalue weighted by Crippen LogP contribution is -2.14. The molecule has 0 aromatic heterocycles. The van der Waals surface area contributed by atoms with Gasteiger partial charge in [0.25, 0.3) is 0 Å². The van der Waals surface area contributed by atoms with Crippen LogP contribution in [0.2, 0.25) is 0 Å². The molecule has 2 rings (SSSR count). The van der Waals surface area contributed by atoms with Gasteiger partial charge >= 0.3 is 5.97 Å². The second-order valence-electron chi connectivity index (χ2n) is 3.70. The van der Waals surface area contributed by atoms with Gasteiger partial charge in [0, 0.05) is 0 Å². The maximum absolute atomic E-state index is 11.0. The fraction of sp³-hybridized carbons (Fsp3) is 0.364. The van der Waals surface area contributed by atoms with E-state index in [0.29, 0.717) is 0 Å². The van der Waals surface area contributed by atoms with Crippen LogP contribution in [-0.2, 0) is 11.2 Å². The molecule has 13 heavy (non-hydrogen) atoms. The van der Waals surface area contributed by atoms with Crippen molar-refractivity contribution in [3.05, 3.63) is 35.4 Å². The van der Waals surface area contributed by atoms with Gasteiger partial charge in [-0.2, -0.15) is 0 Å². The number of hydrogen-bond donors (Lipinski definition) is 1. The minimum absolute atomic E-state index is 0.231. The molecule has 0 bridgehead atoms. The lowest BCUT2D eigenvalue weighted by atomic mass is 9.94. The summed E-state index contributed by atoms with van der Waals surface area (Å²) in [5.41, 5.74) is 2.20. The van der Waals surface area contributed by atoms with Crippen LogP contribution in [0.3, 0.4) is 0 Å². The van der Waals surface area contributed by atoms with Crippen LogP contribution >= 0.6 is 0 Å². The highest BCUT2D eigenvalue weighted by molar-refractivity contribution is 5.78. The predicted octanol–water partition coefficient (Wildman–Crippen LogP) is 2.05. The van der Waals surface area contributed by atoms with E-state index < -0.39 is 5.97 Å². The molecule has 0 radical (unpaired) electrons. The normalized spacial score (nSPS) is 25.6. The van der Waals surface area contributed by atoms with Crippen molar-refractivity contribution >= 4 is 5.97 Å². The van der Waals surface area contributed by atoms with Gasteiger partial charge in [-0.25, -0.2) is 0 Å². The van der Waals surface area contributed by atoms with Crippen molar-refractivity contribution in [2.75, 3.05) is 0 Å². The first-order valence-electron chi connectivity index (χ1n) is 4.50. The van der Waals surface area contributed by atoms with Crippen LogP contribution in [0.1, 0.15) is 24.0 Å². The second kappa shape index (κ2) is 2.87. The Bertz CT molecular complexity index is 344. The van der Waals surface area contributed by atoms with E-state index in [1.54, 1.807) is 0 Å². The van der Waals surface area contributed by atoms with Gasteiger partial charge in [-0.05, 0) is 23.5 Å². The summed E-state index contributed by atoms with van der Waals surface area (Å²) in [6.07, 6.45) is 0.896. The molecule has 2 heteroatoms. The molecule has 1 aromatic carbocycles. The highest BCUT2D eigenvalue weighted by Gasteiger charge is 2.34. The SMILES string of the molecule is CC1Cc2ccccc2C1C(=O)O.